The molecule has 0 aromatic heterocycles. The Morgan fingerprint density at radius 3 is 2.12 bits per heavy atom. The van der Waals surface area contributed by atoms with Crippen molar-refractivity contribution in [3.05, 3.63) is 29.3 Å². The molecule has 1 aromatic rings. The molecule has 4 aliphatic carbocycles. The van der Waals surface area contributed by atoms with Crippen molar-refractivity contribution in [2.75, 3.05) is 0 Å². The molecule has 0 atom stereocenters. The van der Waals surface area contributed by atoms with Crippen LogP contribution in [0.15, 0.2) is 23.1 Å². The summed E-state index contributed by atoms with van der Waals surface area (Å²) in [7, 11) is -3.81. The van der Waals surface area contributed by atoms with Crippen molar-refractivity contribution < 1.29 is 13.2 Å². The van der Waals surface area contributed by atoms with Gasteiger partial charge in [0.15, 0.2) is 0 Å². The number of carbonyl (C=O) groups is 1. The Bertz CT molecular complexity index is 762. The first-order valence-electron chi connectivity index (χ1n) is 8.92. The number of aryl methyl sites for hydroxylation is 2. The molecule has 5 rings (SSSR count). The van der Waals surface area contributed by atoms with Crippen molar-refractivity contribution in [1.29, 1.82) is 0 Å². The molecule has 1 aromatic carbocycles. The summed E-state index contributed by atoms with van der Waals surface area (Å²) in [6.45, 7) is 3.63. The van der Waals surface area contributed by atoms with Gasteiger partial charge in [0.05, 0.1) is 10.3 Å². The highest BCUT2D eigenvalue weighted by Crippen LogP contribution is 2.60. The normalized spacial score (nSPS) is 34.3. The van der Waals surface area contributed by atoms with E-state index in [0.717, 1.165) is 24.8 Å². The van der Waals surface area contributed by atoms with E-state index in [4.69, 9.17) is 0 Å². The van der Waals surface area contributed by atoms with Gasteiger partial charge in [-0.1, -0.05) is 12.1 Å². The van der Waals surface area contributed by atoms with E-state index in [1.807, 2.05) is 13.0 Å². The van der Waals surface area contributed by atoms with Gasteiger partial charge in [-0.05, 0) is 87.3 Å². The fourth-order valence-electron chi connectivity index (χ4n) is 5.67. The Morgan fingerprint density at radius 2 is 1.58 bits per heavy atom. The Balaban J connectivity index is 1.61. The Morgan fingerprint density at radius 1 is 1.04 bits per heavy atom. The number of amides is 1. The predicted molar refractivity (Wildman–Crippen MR) is 91.8 cm³/mol. The molecule has 5 heteroatoms. The number of benzene rings is 1. The smallest absolute Gasteiger partial charge is 0.264 e. The van der Waals surface area contributed by atoms with Gasteiger partial charge in [0.25, 0.3) is 10.0 Å². The molecule has 0 spiro atoms. The van der Waals surface area contributed by atoms with Crippen molar-refractivity contribution in [1.82, 2.24) is 4.72 Å². The first-order valence-corrected chi connectivity index (χ1v) is 10.4. The van der Waals surface area contributed by atoms with Crippen molar-refractivity contribution in [3.8, 4) is 0 Å². The van der Waals surface area contributed by atoms with Gasteiger partial charge in [-0.3, -0.25) is 4.79 Å². The van der Waals surface area contributed by atoms with Crippen molar-refractivity contribution in [2.24, 2.45) is 23.2 Å². The van der Waals surface area contributed by atoms with Crippen LogP contribution in [0, 0.1) is 37.0 Å². The third kappa shape index (κ3) is 2.57. The Labute approximate surface area is 144 Å². The van der Waals surface area contributed by atoms with Gasteiger partial charge in [0.2, 0.25) is 5.91 Å². The van der Waals surface area contributed by atoms with Crippen LogP contribution in [0.2, 0.25) is 0 Å². The molecule has 1 amide bonds. The van der Waals surface area contributed by atoms with Crippen LogP contribution in [0.1, 0.15) is 49.7 Å². The molecule has 0 unspecified atom stereocenters. The Hall–Kier alpha value is -1.36. The van der Waals surface area contributed by atoms with E-state index < -0.39 is 15.4 Å². The largest absolute Gasteiger partial charge is 0.273 e. The molecule has 1 N–H and O–H groups in total. The lowest BCUT2D eigenvalue weighted by atomic mass is 9.49. The number of hydrogen-bond donors (Lipinski definition) is 1. The molecule has 0 saturated heterocycles. The second-order valence-corrected chi connectivity index (χ2v) is 10.1. The molecule has 24 heavy (non-hydrogen) atoms. The molecule has 4 bridgehead atoms. The second-order valence-electron chi connectivity index (χ2n) is 8.40. The van der Waals surface area contributed by atoms with Gasteiger partial charge < -0.3 is 0 Å². The molecule has 0 aliphatic heterocycles. The van der Waals surface area contributed by atoms with Crippen LogP contribution in [-0.4, -0.2) is 14.3 Å². The van der Waals surface area contributed by atoms with E-state index in [9.17, 15) is 13.2 Å². The standard InChI is InChI=1S/C19H25NO3S/c1-12-3-4-13(2)17(5-12)24(22,23)20-18(21)19-9-14-6-15(10-19)8-16(7-14)11-19/h3-5,14-16H,6-11H2,1-2H3,(H,20,21). The molecule has 4 aliphatic rings. The Kier molecular flexibility index (Phi) is 3.57. The summed E-state index contributed by atoms with van der Waals surface area (Å²) in [6, 6.07) is 5.32. The molecule has 4 fully saturated rings. The van der Waals surface area contributed by atoms with Gasteiger partial charge in [0, 0.05) is 0 Å². The van der Waals surface area contributed by atoms with E-state index in [1.54, 1.807) is 19.1 Å². The zero-order chi connectivity index (χ0) is 17.1. The molecule has 4 saturated carbocycles. The van der Waals surface area contributed by atoms with Crippen molar-refractivity contribution in [2.45, 2.75) is 57.3 Å². The summed E-state index contributed by atoms with van der Waals surface area (Å²) < 4.78 is 28.0. The third-order valence-electron chi connectivity index (χ3n) is 6.38. The minimum atomic E-state index is -3.81. The van der Waals surface area contributed by atoms with Gasteiger partial charge >= 0.3 is 0 Å². The molecular weight excluding hydrogens is 322 g/mol. The average Bonchev–Trinajstić information content (AvgIpc) is 2.48. The van der Waals surface area contributed by atoms with E-state index in [0.29, 0.717) is 23.3 Å². The molecular formula is C19H25NO3S. The highest BCUT2D eigenvalue weighted by molar-refractivity contribution is 7.90. The zero-order valence-corrected chi connectivity index (χ0v) is 15.2. The highest BCUT2D eigenvalue weighted by atomic mass is 32.2. The number of rotatable bonds is 3. The summed E-state index contributed by atoms with van der Waals surface area (Å²) in [5.41, 5.74) is 1.11. The summed E-state index contributed by atoms with van der Waals surface area (Å²) in [4.78, 5) is 13.2. The molecule has 0 heterocycles. The van der Waals surface area contributed by atoms with E-state index in [-0.39, 0.29) is 10.8 Å². The van der Waals surface area contributed by atoms with Crippen LogP contribution in [0.4, 0.5) is 0 Å². The minimum absolute atomic E-state index is 0.223. The fourth-order valence-corrected chi connectivity index (χ4v) is 7.07. The van der Waals surface area contributed by atoms with Crippen LogP contribution in [0.25, 0.3) is 0 Å². The summed E-state index contributed by atoms with van der Waals surface area (Å²) in [6.07, 6.45) is 6.30. The highest BCUT2D eigenvalue weighted by Gasteiger charge is 2.55. The quantitative estimate of drug-likeness (QED) is 0.912. The topological polar surface area (TPSA) is 63.2 Å². The fraction of sp³-hybridized carbons (Fsp3) is 0.632. The lowest BCUT2D eigenvalue weighted by Gasteiger charge is -2.55. The summed E-state index contributed by atoms with van der Waals surface area (Å²) in [5, 5.41) is 0. The van der Waals surface area contributed by atoms with Gasteiger partial charge in [-0.25, -0.2) is 13.1 Å². The zero-order valence-electron chi connectivity index (χ0n) is 14.3. The second kappa shape index (κ2) is 5.32. The lowest BCUT2D eigenvalue weighted by Crippen LogP contribution is -2.54. The van der Waals surface area contributed by atoms with E-state index >= 15 is 0 Å². The van der Waals surface area contributed by atoms with Crippen LogP contribution in [0.5, 0.6) is 0 Å². The van der Waals surface area contributed by atoms with Crippen LogP contribution < -0.4 is 4.72 Å². The maximum atomic E-state index is 13.0. The maximum absolute atomic E-state index is 13.0. The van der Waals surface area contributed by atoms with Gasteiger partial charge in [-0.2, -0.15) is 0 Å². The van der Waals surface area contributed by atoms with Crippen LogP contribution in [0.3, 0.4) is 0 Å². The van der Waals surface area contributed by atoms with E-state index in [1.165, 1.54) is 19.3 Å². The number of hydrogen-bond acceptors (Lipinski definition) is 3. The van der Waals surface area contributed by atoms with Crippen LogP contribution >= 0.6 is 0 Å². The number of sulfonamides is 1. The molecule has 0 radical (unpaired) electrons. The maximum Gasteiger partial charge on any atom is 0.264 e. The first kappa shape index (κ1) is 16.1. The van der Waals surface area contributed by atoms with Crippen molar-refractivity contribution in [3.63, 3.8) is 0 Å². The minimum Gasteiger partial charge on any atom is -0.273 e. The summed E-state index contributed by atoms with van der Waals surface area (Å²) >= 11 is 0. The molecule has 4 nitrogen and oxygen atoms in total. The number of nitrogens with one attached hydrogen (secondary N) is 1. The monoisotopic (exact) mass is 347 g/mol. The third-order valence-corrected chi connectivity index (χ3v) is 7.85. The number of carbonyl (C=O) groups excluding carboxylic acids is 1. The van der Waals surface area contributed by atoms with Gasteiger partial charge in [0.1, 0.15) is 0 Å². The van der Waals surface area contributed by atoms with Crippen molar-refractivity contribution >= 4 is 15.9 Å². The van der Waals surface area contributed by atoms with Gasteiger partial charge in [-0.15, -0.1) is 0 Å². The lowest BCUT2D eigenvalue weighted by molar-refractivity contribution is -0.144. The average molecular weight is 347 g/mol. The molecule has 130 valence electrons. The predicted octanol–water partition coefficient (Wildman–Crippen LogP) is 3.32. The first-order chi connectivity index (χ1) is 11.3. The SMILES string of the molecule is Cc1ccc(C)c(S(=O)(=O)NC(=O)C23CC4CC(CC(C4)C2)C3)c1. The van der Waals surface area contributed by atoms with E-state index in [2.05, 4.69) is 4.72 Å². The summed E-state index contributed by atoms with van der Waals surface area (Å²) in [5.74, 6) is 1.59. The van der Waals surface area contributed by atoms with Crippen LogP contribution in [-0.2, 0) is 14.8 Å².